The number of aromatic nitrogens is 2. The van der Waals surface area contributed by atoms with Crippen molar-refractivity contribution in [3.8, 4) is 22.0 Å². The van der Waals surface area contributed by atoms with Gasteiger partial charge in [0.1, 0.15) is 16.5 Å². The monoisotopic (exact) mass is 277 g/mol. The summed E-state index contributed by atoms with van der Waals surface area (Å²) in [5.41, 5.74) is 7.87. The van der Waals surface area contributed by atoms with E-state index in [1.807, 2.05) is 16.8 Å². The van der Waals surface area contributed by atoms with Gasteiger partial charge < -0.3 is 5.73 Å². The van der Waals surface area contributed by atoms with Gasteiger partial charge in [-0.3, -0.25) is 0 Å². The van der Waals surface area contributed by atoms with Crippen LogP contribution < -0.4 is 5.73 Å². The number of hydrogen-bond acceptors (Lipinski definition) is 5. The second kappa shape index (κ2) is 4.47. The average Bonchev–Trinajstić information content (AvgIpc) is 2.97. The molecule has 0 radical (unpaired) electrons. The van der Waals surface area contributed by atoms with Gasteiger partial charge in [0.05, 0.1) is 5.69 Å². The molecule has 0 saturated heterocycles. The fraction of sp³-hybridized carbons (Fsp3) is 0. The number of hydrogen-bond donors (Lipinski definition) is 1. The summed E-state index contributed by atoms with van der Waals surface area (Å²) >= 11 is 2.85. The maximum atomic E-state index is 13.1. The van der Waals surface area contributed by atoms with Crippen LogP contribution in [0, 0.1) is 5.82 Å². The highest BCUT2D eigenvalue weighted by Crippen LogP contribution is 2.30. The molecule has 18 heavy (non-hydrogen) atoms. The zero-order valence-electron chi connectivity index (χ0n) is 9.13. The summed E-state index contributed by atoms with van der Waals surface area (Å²) in [5, 5.41) is 5.07. The highest BCUT2D eigenvalue weighted by molar-refractivity contribution is 7.15. The maximum Gasteiger partial charge on any atom is 0.180 e. The number of nitrogens with two attached hydrogens (primary N) is 1. The first-order chi connectivity index (χ1) is 8.72. The van der Waals surface area contributed by atoms with E-state index in [-0.39, 0.29) is 5.82 Å². The molecule has 2 heterocycles. The van der Waals surface area contributed by atoms with Crippen LogP contribution in [0.1, 0.15) is 0 Å². The van der Waals surface area contributed by atoms with Crippen molar-refractivity contribution in [1.82, 2.24) is 9.97 Å². The molecule has 0 saturated carbocycles. The zero-order valence-corrected chi connectivity index (χ0v) is 10.8. The van der Waals surface area contributed by atoms with Gasteiger partial charge in [-0.1, -0.05) is 12.1 Å². The van der Waals surface area contributed by atoms with Crippen molar-refractivity contribution in [2.45, 2.75) is 0 Å². The van der Waals surface area contributed by atoms with Crippen molar-refractivity contribution in [2.24, 2.45) is 0 Å². The first-order valence-corrected chi connectivity index (χ1v) is 6.91. The Hall–Kier alpha value is -1.79. The van der Waals surface area contributed by atoms with Gasteiger partial charge in [-0.25, -0.2) is 14.4 Å². The number of nitrogens with zero attached hydrogens (tertiary/aromatic N) is 2. The fourth-order valence-corrected chi connectivity index (χ4v) is 2.97. The Kier molecular flexibility index (Phi) is 2.81. The molecule has 0 aliphatic rings. The minimum atomic E-state index is -0.264. The smallest absolute Gasteiger partial charge is 0.180 e. The van der Waals surface area contributed by atoms with Gasteiger partial charge >= 0.3 is 0 Å². The number of thiazole rings is 2. The molecule has 0 spiro atoms. The SMILES string of the molecule is Nc1nc(-c2nc(-c3cccc(F)c3)cs2)cs1. The Morgan fingerprint density at radius 1 is 1.06 bits per heavy atom. The molecule has 2 N–H and O–H groups in total. The van der Waals surface area contributed by atoms with Crippen molar-refractivity contribution in [3.05, 3.63) is 40.8 Å². The minimum absolute atomic E-state index is 0.264. The predicted molar refractivity (Wildman–Crippen MR) is 73.0 cm³/mol. The number of anilines is 1. The van der Waals surface area contributed by atoms with E-state index in [9.17, 15) is 4.39 Å². The summed E-state index contributed by atoms with van der Waals surface area (Å²) in [7, 11) is 0. The first kappa shape index (κ1) is 11.3. The van der Waals surface area contributed by atoms with Gasteiger partial charge in [-0.15, -0.1) is 22.7 Å². The van der Waals surface area contributed by atoms with Gasteiger partial charge in [0.2, 0.25) is 0 Å². The number of benzene rings is 1. The Morgan fingerprint density at radius 2 is 1.89 bits per heavy atom. The maximum absolute atomic E-state index is 13.1. The Balaban J connectivity index is 1.99. The summed E-state index contributed by atoms with van der Waals surface area (Å²) < 4.78 is 13.1. The topological polar surface area (TPSA) is 51.8 Å². The summed E-state index contributed by atoms with van der Waals surface area (Å²) in [6, 6.07) is 6.38. The third-order valence-electron chi connectivity index (χ3n) is 2.37. The molecule has 0 aliphatic carbocycles. The van der Waals surface area contributed by atoms with E-state index >= 15 is 0 Å². The van der Waals surface area contributed by atoms with Crippen LogP contribution in [0.2, 0.25) is 0 Å². The van der Waals surface area contributed by atoms with Crippen LogP contribution in [-0.2, 0) is 0 Å². The lowest BCUT2D eigenvalue weighted by molar-refractivity contribution is 0.628. The normalized spacial score (nSPS) is 10.7. The fourth-order valence-electron chi connectivity index (χ4n) is 1.56. The van der Waals surface area contributed by atoms with Gasteiger partial charge in [0.25, 0.3) is 0 Å². The Morgan fingerprint density at radius 3 is 2.61 bits per heavy atom. The molecule has 0 unspecified atom stereocenters. The molecule has 0 fully saturated rings. The van der Waals surface area contributed by atoms with Crippen LogP contribution in [0.4, 0.5) is 9.52 Å². The van der Waals surface area contributed by atoms with E-state index in [1.54, 1.807) is 6.07 Å². The molecular formula is C12H8FN3S2. The van der Waals surface area contributed by atoms with Crippen LogP contribution in [0.3, 0.4) is 0 Å². The molecule has 2 aromatic heterocycles. The highest BCUT2D eigenvalue weighted by atomic mass is 32.1. The molecule has 3 aromatic rings. The lowest BCUT2D eigenvalue weighted by atomic mass is 10.2. The van der Waals surface area contributed by atoms with E-state index in [1.165, 1.54) is 34.8 Å². The number of rotatable bonds is 2. The van der Waals surface area contributed by atoms with E-state index in [4.69, 9.17) is 5.73 Å². The number of halogens is 1. The molecule has 0 bridgehead atoms. The second-order valence-electron chi connectivity index (χ2n) is 3.62. The molecular weight excluding hydrogens is 269 g/mol. The highest BCUT2D eigenvalue weighted by Gasteiger charge is 2.09. The molecule has 0 atom stereocenters. The van der Waals surface area contributed by atoms with Crippen molar-refractivity contribution < 1.29 is 4.39 Å². The lowest BCUT2D eigenvalue weighted by Crippen LogP contribution is -1.83. The number of nitrogen functional groups attached to an aromatic ring is 1. The molecule has 3 rings (SSSR count). The van der Waals surface area contributed by atoms with Crippen molar-refractivity contribution in [1.29, 1.82) is 0 Å². The van der Waals surface area contributed by atoms with Gasteiger partial charge in [0, 0.05) is 16.3 Å². The van der Waals surface area contributed by atoms with Crippen LogP contribution in [0.5, 0.6) is 0 Å². The summed E-state index contributed by atoms with van der Waals surface area (Å²) in [6.45, 7) is 0. The summed E-state index contributed by atoms with van der Waals surface area (Å²) in [4.78, 5) is 8.62. The van der Waals surface area contributed by atoms with E-state index in [2.05, 4.69) is 9.97 Å². The Bertz CT molecular complexity index is 690. The summed E-state index contributed by atoms with van der Waals surface area (Å²) in [6.07, 6.45) is 0. The molecule has 6 heteroatoms. The minimum Gasteiger partial charge on any atom is -0.375 e. The summed E-state index contributed by atoms with van der Waals surface area (Å²) in [5.74, 6) is -0.264. The first-order valence-electron chi connectivity index (χ1n) is 5.15. The lowest BCUT2D eigenvalue weighted by Gasteiger charge is -1.95. The predicted octanol–water partition coefficient (Wildman–Crippen LogP) is 3.65. The molecule has 90 valence electrons. The standard InChI is InChI=1S/C12H8FN3S2/c13-8-3-1-2-7(4-8)9-5-17-11(15-9)10-6-18-12(14)16-10/h1-6H,(H2,14,16). The van der Waals surface area contributed by atoms with Gasteiger partial charge in [-0.05, 0) is 12.1 Å². The third-order valence-corrected chi connectivity index (χ3v) is 3.90. The van der Waals surface area contributed by atoms with Crippen molar-refractivity contribution in [3.63, 3.8) is 0 Å². The van der Waals surface area contributed by atoms with Crippen LogP contribution >= 0.6 is 22.7 Å². The zero-order chi connectivity index (χ0) is 12.5. The quantitative estimate of drug-likeness (QED) is 0.777. The average molecular weight is 277 g/mol. The molecule has 3 nitrogen and oxygen atoms in total. The van der Waals surface area contributed by atoms with E-state index in [0.29, 0.717) is 5.13 Å². The van der Waals surface area contributed by atoms with Crippen LogP contribution in [0.25, 0.3) is 22.0 Å². The molecule has 0 aliphatic heterocycles. The largest absolute Gasteiger partial charge is 0.375 e. The van der Waals surface area contributed by atoms with Crippen molar-refractivity contribution in [2.75, 3.05) is 5.73 Å². The van der Waals surface area contributed by atoms with E-state index < -0.39 is 0 Å². The Labute approximate surface area is 111 Å². The second-order valence-corrected chi connectivity index (χ2v) is 5.37. The van der Waals surface area contributed by atoms with Gasteiger partial charge in [0.15, 0.2) is 5.13 Å². The van der Waals surface area contributed by atoms with Crippen molar-refractivity contribution >= 4 is 27.8 Å². The van der Waals surface area contributed by atoms with E-state index in [0.717, 1.165) is 22.0 Å². The third kappa shape index (κ3) is 2.12. The van der Waals surface area contributed by atoms with Gasteiger partial charge in [-0.2, -0.15) is 0 Å². The molecule has 1 aromatic carbocycles. The van der Waals surface area contributed by atoms with Crippen LogP contribution in [0.15, 0.2) is 35.0 Å². The van der Waals surface area contributed by atoms with Crippen LogP contribution in [-0.4, -0.2) is 9.97 Å². The molecule has 0 amide bonds.